The Morgan fingerprint density at radius 2 is 2.44 bits per heavy atom. The van der Waals surface area contributed by atoms with E-state index in [4.69, 9.17) is 12.2 Å². The van der Waals surface area contributed by atoms with Crippen LogP contribution in [0.15, 0.2) is 12.3 Å². The Balaban J connectivity index is 2.81. The predicted molar refractivity (Wildman–Crippen MR) is 39.0 cm³/mol. The number of thiocarbonyl (C=S) groups is 1. The molecule has 1 unspecified atom stereocenters. The monoisotopic (exact) mass is 141 g/mol. The van der Waals surface area contributed by atoms with Gasteiger partial charge in [-0.15, -0.1) is 0 Å². The van der Waals surface area contributed by atoms with Gasteiger partial charge in [0.05, 0.1) is 5.92 Å². The summed E-state index contributed by atoms with van der Waals surface area (Å²) in [5.41, 5.74) is 0. The lowest BCUT2D eigenvalue weighted by molar-refractivity contribution is -0.121. The molecule has 1 amide bonds. The first-order valence-electron chi connectivity index (χ1n) is 2.72. The number of carbonyl (C=O) groups excluding carboxylic acids is 1. The molecule has 0 fully saturated rings. The van der Waals surface area contributed by atoms with Gasteiger partial charge >= 0.3 is 0 Å². The molecule has 0 radical (unpaired) electrons. The first-order chi connectivity index (χ1) is 4.22. The van der Waals surface area contributed by atoms with E-state index in [2.05, 4.69) is 5.32 Å². The highest BCUT2D eigenvalue weighted by Gasteiger charge is 2.17. The molecule has 1 aliphatic heterocycles. The van der Waals surface area contributed by atoms with Crippen molar-refractivity contribution >= 4 is 23.0 Å². The van der Waals surface area contributed by atoms with Crippen molar-refractivity contribution in [3.05, 3.63) is 12.3 Å². The van der Waals surface area contributed by atoms with E-state index < -0.39 is 0 Å². The van der Waals surface area contributed by atoms with Crippen LogP contribution in [0.5, 0.6) is 0 Å². The van der Waals surface area contributed by atoms with E-state index in [1.54, 1.807) is 19.2 Å². The highest BCUT2D eigenvalue weighted by atomic mass is 32.1. The van der Waals surface area contributed by atoms with Crippen LogP contribution in [0.25, 0.3) is 0 Å². The third-order valence-corrected chi connectivity index (χ3v) is 1.78. The lowest BCUT2D eigenvalue weighted by atomic mass is 10.1. The number of carbonyl (C=O) groups is 1. The zero-order valence-electron chi connectivity index (χ0n) is 5.05. The molecule has 1 rings (SSSR count). The lowest BCUT2D eigenvalue weighted by Gasteiger charge is -2.12. The standard InChI is InChI=1S/C6H7NOS/c1-4-5(9)2-3-7-6(4)8/h2-4H,1H3,(H,7,8). The Kier molecular flexibility index (Phi) is 1.62. The Morgan fingerprint density at radius 3 is 2.89 bits per heavy atom. The SMILES string of the molecule is CC1C(=O)NC=CC1=S. The molecule has 48 valence electrons. The van der Waals surface area contributed by atoms with E-state index in [1.165, 1.54) is 0 Å². The zero-order chi connectivity index (χ0) is 6.85. The summed E-state index contributed by atoms with van der Waals surface area (Å²) in [5, 5.41) is 2.56. The first-order valence-corrected chi connectivity index (χ1v) is 3.13. The number of amides is 1. The maximum absolute atomic E-state index is 10.8. The fourth-order valence-corrected chi connectivity index (χ4v) is 0.780. The highest BCUT2D eigenvalue weighted by Crippen LogP contribution is 2.04. The largest absolute Gasteiger partial charge is 0.332 e. The summed E-state index contributed by atoms with van der Waals surface area (Å²) in [6.45, 7) is 1.79. The van der Waals surface area contributed by atoms with E-state index in [9.17, 15) is 4.79 Å². The summed E-state index contributed by atoms with van der Waals surface area (Å²) in [6.07, 6.45) is 3.31. The fourth-order valence-electron chi connectivity index (χ4n) is 0.604. The lowest BCUT2D eigenvalue weighted by Crippen LogP contribution is -2.32. The van der Waals surface area contributed by atoms with Crippen LogP contribution in [-0.4, -0.2) is 10.8 Å². The van der Waals surface area contributed by atoms with Crippen molar-refractivity contribution in [2.75, 3.05) is 0 Å². The van der Waals surface area contributed by atoms with E-state index in [0.717, 1.165) is 0 Å². The molecule has 1 N–H and O–H groups in total. The molecule has 1 heterocycles. The van der Waals surface area contributed by atoms with Crippen molar-refractivity contribution in [2.45, 2.75) is 6.92 Å². The molecule has 0 aliphatic carbocycles. The van der Waals surface area contributed by atoms with Crippen molar-refractivity contribution < 1.29 is 4.79 Å². The minimum absolute atomic E-state index is 0.0116. The molecule has 0 saturated heterocycles. The second-order valence-corrected chi connectivity index (χ2v) is 2.44. The second-order valence-electron chi connectivity index (χ2n) is 1.97. The Morgan fingerprint density at radius 1 is 1.78 bits per heavy atom. The van der Waals surface area contributed by atoms with Gasteiger partial charge in [-0.05, 0) is 13.0 Å². The minimum Gasteiger partial charge on any atom is -0.332 e. The maximum Gasteiger partial charge on any atom is 0.232 e. The molecule has 3 heteroatoms. The Hall–Kier alpha value is -0.700. The van der Waals surface area contributed by atoms with Crippen LogP contribution in [0.1, 0.15) is 6.92 Å². The van der Waals surface area contributed by atoms with Crippen LogP contribution in [-0.2, 0) is 4.79 Å². The third-order valence-electron chi connectivity index (χ3n) is 1.29. The van der Waals surface area contributed by atoms with Gasteiger partial charge in [-0.1, -0.05) is 12.2 Å². The Labute approximate surface area is 58.9 Å². The predicted octanol–water partition coefficient (Wildman–Crippen LogP) is 0.636. The third kappa shape index (κ3) is 1.16. The molecule has 1 atom stereocenters. The average Bonchev–Trinajstić information content (AvgIpc) is 1.83. The molecule has 2 nitrogen and oxygen atoms in total. The molecule has 0 aromatic rings. The van der Waals surface area contributed by atoms with Gasteiger partial charge in [-0.3, -0.25) is 4.79 Å². The topological polar surface area (TPSA) is 29.1 Å². The molecule has 0 aromatic heterocycles. The molecule has 0 saturated carbocycles. The number of rotatable bonds is 0. The highest BCUT2D eigenvalue weighted by molar-refractivity contribution is 7.80. The van der Waals surface area contributed by atoms with E-state index >= 15 is 0 Å². The van der Waals surface area contributed by atoms with Crippen molar-refractivity contribution in [1.29, 1.82) is 0 Å². The second kappa shape index (κ2) is 2.27. The van der Waals surface area contributed by atoms with Gasteiger partial charge in [0.25, 0.3) is 0 Å². The minimum atomic E-state index is -0.134. The maximum atomic E-state index is 10.8. The smallest absolute Gasteiger partial charge is 0.232 e. The summed E-state index contributed by atoms with van der Waals surface area (Å²) in [6, 6.07) is 0. The van der Waals surface area contributed by atoms with Crippen molar-refractivity contribution in [3.8, 4) is 0 Å². The van der Waals surface area contributed by atoms with E-state index in [1.807, 2.05) is 0 Å². The normalized spacial score (nSPS) is 26.1. The van der Waals surface area contributed by atoms with Crippen LogP contribution < -0.4 is 5.32 Å². The number of hydrogen-bond acceptors (Lipinski definition) is 2. The zero-order valence-corrected chi connectivity index (χ0v) is 5.87. The van der Waals surface area contributed by atoms with Crippen LogP contribution in [0, 0.1) is 5.92 Å². The van der Waals surface area contributed by atoms with Crippen LogP contribution in [0.3, 0.4) is 0 Å². The first kappa shape index (κ1) is 6.42. The summed E-state index contributed by atoms with van der Waals surface area (Å²) in [4.78, 5) is 11.5. The molecular formula is C6H7NOS. The molecule has 0 aromatic carbocycles. The summed E-state index contributed by atoms with van der Waals surface area (Å²) >= 11 is 4.86. The van der Waals surface area contributed by atoms with Crippen LogP contribution >= 0.6 is 12.2 Å². The van der Waals surface area contributed by atoms with E-state index in [-0.39, 0.29) is 11.8 Å². The summed E-state index contributed by atoms with van der Waals surface area (Å²) in [7, 11) is 0. The number of allylic oxidation sites excluding steroid dienone is 1. The number of nitrogens with one attached hydrogen (secondary N) is 1. The van der Waals surface area contributed by atoms with E-state index in [0.29, 0.717) is 4.86 Å². The van der Waals surface area contributed by atoms with Gasteiger partial charge in [0, 0.05) is 11.1 Å². The molecular weight excluding hydrogens is 134 g/mol. The molecule has 0 spiro atoms. The van der Waals surface area contributed by atoms with Gasteiger partial charge in [0.1, 0.15) is 0 Å². The fraction of sp³-hybridized carbons (Fsp3) is 0.333. The summed E-state index contributed by atoms with van der Waals surface area (Å²) < 4.78 is 0. The molecule has 9 heavy (non-hydrogen) atoms. The molecule has 0 bridgehead atoms. The Bertz CT molecular complexity index is 185. The van der Waals surface area contributed by atoms with Gasteiger partial charge in [0.2, 0.25) is 5.91 Å². The van der Waals surface area contributed by atoms with Crippen LogP contribution in [0.4, 0.5) is 0 Å². The van der Waals surface area contributed by atoms with Crippen LogP contribution in [0.2, 0.25) is 0 Å². The average molecular weight is 141 g/mol. The van der Waals surface area contributed by atoms with Gasteiger partial charge in [-0.2, -0.15) is 0 Å². The van der Waals surface area contributed by atoms with Crippen molar-refractivity contribution in [1.82, 2.24) is 5.32 Å². The van der Waals surface area contributed by atoms with Gasteiger partial charge in [-0.25, -0.2) is 0 Å². The number of hydrogen-bond donors (Lipinski definition) is 1. The quantitative estimate of drug-likeness (QED) is 0.501. The molecule has 1 aliphatic rings. The summed E-state index contributed by atoms with van der Waals surface area (Å²) in [5.74, 6) is -0.146. The van der Waals surface area contributed by atoms with Crippen molar-refractivity contribution in [3.63, 3.8) is 0 Å². The van der Waals surface area contributed by atoms with Gasteiger partial charge in [0.15, 0.2) is 0 Å². The van der Waals surface area contributed by atoms with Gasteiger partial charge < -0.3 is 5.32 Å². The van der Waals surface area contributed by atoms with Crippen molar-refractivity contribution in [2.24, 2.45) is 5.92 Å².